The number of rotatable bonds is 3. The van der Waals surface area contributed by atoms with Crippen LogP contribution in [0.25, 0.3) is 5.57 Å². The first-order chi connectivity index (χ1) is 18.0. The van der Waals surface area contributed by atoms with Gasteiger partial charge < -0.3 is 15.5 Å². The van der Waals surface area contributed by atoms with Gasteiger partial charge in [-0.25, -0.2) is 4.99 Å². The molecule has 0 saturated heterocycles. The largest absolute Gasteiger partial charge is 0.333 e. The molecular formula is C30H25ClN4OS. The zero-order valence-corrected chi connectivity index (χ0v) is 21.8. The number of halogens is 1. The average molecular weight is 525 g/mol. The van der Waals surface area contributed by atoms with Crippen LogP contribution in [0.15, 0.2) is 90.0 Å². The van der Waals surface area contributed by atoms with Crippen LogP contribution in [-0.4, -0.2) is 29.9 Å². The topological polar surface area (TPSA) is 56.7 Å². The van der Waals surface area contributed by atoms with Gasteiger partial charge in [0.2, 0.25) is 6.17 Å². The van der Waals surface area contributed by atoms with Gasteiger partial charge in [-0.1, -0.05) is 66.2 Å². The Morgan fingerprint density at radius 1 is 1.08 bits per heavy atom. The van der Waals surface area contributed by atoms with E-state index in [1.165, 1.54) is 16.7 Å². The molecule has 3 aliphatic rings. The molecule has 2 atom stereocenters. The highest BCUT2D eigenvalue weighted by Crippen LogP contribution is 2.41. The van der Waals surface area contributed by atoms with Crippen molar-refractivity contribution in [2.45, 2.75) is 19.0 Å². The van der Waals surface area contributed by atoms with Crippen molar-refractivity contribution in [1.29, 1.82) is 0 Å². The first kappa shape index (κ1) is 23.6. The van der Waals surface area contributed by atoms with E-state index in [0.29, 0.717) is 21.8 Å². The summed E-state index contributed by atoms with van der Waals surface area (Å²) in [7, 11) is 1.74. The highest BCUT2D eigenvalue weighted by atomic mass is 35.5. The van der Waals surface area contributed by atoms with Crippen molar-refractivity contribution < 1.29 is 4.79 Å². The molecule has 1 heterocycles. The molecular weight excluding hydrogens is 500 g/mol. The van der Waals surface area contributed by atoms with Gasteiger partial charge in [0.15, 0.2) is 5.11 Å². The number of carbonyl (C=O) groups excluding carboxylic acids is 1. The Bertz CT molecular complexity index is 1510. The fourth-order valence-electron chi connectivity index (χ4n) is 5.33. The maximum atomic E-state index is 13.5. The van der Waals surface area contributed by atoms with Gasteiger partial charge in [0.05, 0.1) is 11.4 Å². The Morgan fingerprint density at radius 2 is 1.92 bits per heavy atom. The molecule has 2 unspecified atom stereocenters. The zero-order chi connectivity index (χ0) is 25.5. The number of benzodiazepines with no additional fused rings is 1. The second kappa shape index (κ2) is 9.61. The Kier molecular flexibility index (Phi) is 6.14. The van der Waals surface area contributed by atoms with Gasteiger partial charge in [0.25, 0.3) is 5.91 Å². The van der Waals surface area contributed by atoms with Gasteiger partial charge in [-0.15, -0.1) is 0 Å². The smallest absolute Gasteiger partial charge is 0.272 e. The molecule has 184 valence electrons. The molecule has 3 aromatic rings. The number of anilines is 2. The maximum Gasteiger partial charge on any atom is 0.272 e. The van der Waals surface area contributed by atoms with Crippen LogP contribution >= 0.6 is 23.8 Å². The first-order valence-corrected chi connectivity index (χ1v) is 13.0. The molecule has 37 heavy (non-hydrogen) atoms. The summed E-state index contributed by atoms with van der Waals surface area (Å²) in [5.74, 6) is 0.344. The lowest BCUT2D eigenvalue weighted by Gasteiger charge is -2.22. The van der Waals surface area contributed by atoms with Crippen LogP contribution in [0.2, 0.25) is 5.02 Å². The normalized spacial score (nSPS) is 19.7. The van der Waals surface area contributed by atoms with E-state index in [1.54, 1.807) is 18.0 Å². The Hall–Kier alpha value is -3.74. The Balaban J connectivity index is 1.28. The number of hydrogen-bond acceptors (Lipinski definition) is 3. The van der Waals surface area contributed by atoms with Crippen molar-refractivity contribution in [1.82, 2.24) is 5.32 Å². The number of fused-ring (bicyclic) bond motifs is 4. The van der Waals surface area contributed by atoms with E-state index in [1.807, 2.05) is 48.5 Å². The molecule has 2 N–H and O–H groups in total. The minimum absolute atomic E-state index is 0.212. The fourth-order valence-corrected chi connectivity index (χ4v) is 5.73. The van der Waals surface area contributed by atoms with Crippen molar-refractivity contribution in [3.8, 4) is 0 Å². The molecule has 6 rings (SSSR count). The van der Waals surface area contributed by atoms with Crippen LogP contribution in [0, 0.1) is 5.92 Å². The number of nitrogens with zero attached hydrogens (tertiary/aromatic N) is 2. The number of hydrogen-bond donors (Lipinski definition) is 2. The van der Waals surface area contributed by atoms with Crippen molar-refractivity contribution in [3.05, 3.63) is 112 Å². The Labute approximate surface area is 226 Å². The van der Waals surface area contributed by atoms with E-state index in [9.17, 15) is 4.79 Å². The Morgan fingerprint density at radius 3 is 2.76 bits per heavy atom. The molecule has 1 aliphatic heterocycles. The number of amides is 1. The fraction of sp³-hybridized carbons (Fsp3) is 0.167. The van der Waals surface area contributed by atoms with E-state index in [2.05, 4.69) is 41.0 Å². The third kappa shape index (κ3) is 4.47. The van der Waals surface area contributed by atoms with Gasteiger partial charge in [0.1, 0.15) is 0 Å². The molecule has 7 heteroatoms. The van der Waals surface area contributed by atoms with E-state index >= 15 is 0 Å². The van der Waals surface area contributed by atoms with Gasteiger partial charge in [0, 0.05) is 28.9 Å². The number of allylic oxidation sites excluding steroid dienone is 4. The summed E-state index contributed by atoms with van der Waals surface area (Å²) in [4.78, 5) is 19.9. The predicted octanol–water partition coefficient (Wildman–Crippen LogP) is 5.98. The van der Waals surface area contributed by atoms with E-state index in [-0.39, 0.29) is 5.91 Å². The van der Waals surface area contributed by atoms with Crippen LogP contribution in [-0.2, 0) is 11.2 Å². The minimum Gasteiger partial charge on any atom is -0.333 e. The third-order valence-corrected chi connectivity index (χ3v) is 7.58. The zero-order valence-electron chi connectivity index (χ0n) is 20.2. The van der Waals surface area contributed by atoms with Crippen LogP contribution in [0.5, 0.6) is 0 Å². The number of carbonyl (C=O) groups is 1. The summed E-state index contributed by atoms with van der Waals surface area (Å²) < 4.78 is 0. The first-order valence-electron chi connectivity index (χ1n) is 12.3. The van der Waals surface area contributed by atoms with Gasteiger partial charge >= 0.3 is 0 Å². The number of benzene rings is 3. The van der Waals surface area contributed by atoms with Gasteiger partial charge in [-0.05, 0) is 78.0 Å². The van der Waals surface area contributed by atoms with Crippen molar-refractivity contribution in [2.24, 2.45) is 10.9 Å². The summed E-state index contributed by atoms with van der Waals surface area (Å²) in [6.45, 7) is 0. The van der Waals surface area contributed by atoms with Gasteiger partial charge in [-0.2, -0.15) is 0 Å². The highest BCUT2D eigenvalue weighted by Gasteiger charge is 2.31. The lowest BCUT2D eigenvalue weighted by molar-refractivity contribution is -0.119. The number of nitrogens with one attached hydrogen (secondary N) is 2. The SMILES string of the molecule is CN1C(=O)C(NC(=S)Nc2ccc3c(c2)CC2CC=CC=C32)N=C(c2ccccc2)c2cc(Cl)ccc21. The summed E-state index contributed by atoms with van der Waals surface area (Å²) in [6.07, 6.45) is 7.80. The standard InChI is InChI=1S/C30H25ClN4OS/c1-35-26-14-11-21(31)17-25(26)27(18-7-3-2-4-8-18)33-28(29(35)36)34-30(37)32-22-12-13-24-20(16-22)15-19-9-5-6-10-23(19)24/h2-8,10-14,16-17,19,28H,9,15H2,1H3,(H2,32,34,37). The lowest BCUT2D eigenvalue weighted by atomic mass is 9.92. The number of thiocarbonyl (C=S) groups is 1. The van der Waals surface area contributed by atoms with Gasteiger partial charge in [-0.3, -0.25) is 4.79 Å². The second-order valence-electron chi connectivity index (χ2n) is 9.46. The molecule has 0 bridgehead atoms. The highest BCUT2D eigenvalue weighted by molar-refractivity contribution is 7.80. The molecule has 0 fully saturated rings. The molecule has 0 aromatic heterocycles. The molecule has 1 amide bonds. The molecule has 0 saturated carbocycles. The van der Waals surface area contributed by atoms with E-state index in [0.717, 1.165) is 35.3 Å². The molecule has 5 nitrogen and oxygen atoms in total. The van der Waals surface area contributed by atoms with Crippen LogP contribution in [0.3, 0.4) is 0 Å². The second-order valence-corrected chi connectivity index (χ2v) is 10.3. The lowest BCUT2D eigenvalue weighted by Crippen LogP contribution is -2.47. The van der Waals surface area contributed by atoms with E-state index < -0.39 is 6.17 Å². The third-order valence-electron chi connectivity index (χ3n) is 7.13. The summed E-state index contributed by atoms with van der Waals surface area (Å²) >= 11 is 12.0. The summed E-state index contributed by atoms with van der Waals surface area (Å²) in [5.41, 5.74) is 8.04. The molecule has 2 aliphatic carbocycles. The van der Waals surface area contributed by atoms with Crippen LogP contribution in [0.4, 0.5) is 11.4 Å². The summed E-state index contributed by atoms with van der Waals surface area (Å²) in [6, 6.07) is 21.6. The molecule has 0 radical (unpaired) electrons. The summed E-state index contributed by atoms with van der Waals surface area (Å²) in [5, 5.41) is 7.32. The maximum absolute atomic E-state index is 13.5. The molecule has 0 spiro atoms. The monoisotopic (exact) mass is 524 g/mol. The molecule has 3 aromatic carbocycles. The minimum atomic E-state index is -0.903. The number of likely N-dealkylation sites (N-methyl/N-ethyl adjacent to an activating group) is 1. The predicted molar refractivity (Wildman–Crippen MR) is 155 cm³/mol. The van der Waals surface area contributed by atoms with Crippen LogP contribution < -0.4 is 15.5 Å². The average Bonchev–Trinajstić information content (AvgIpc) is 3.24. The van der Waals surface area contributed by atoms with Crippen molar-refractivity contribution in [2.75, 3.05) is 17.3 Å². The van der Waals surface area contributed by atoms with Crippen molar-refractivity contribution in [3.63, 3.8) is 0 Å². The van der Waals surface area contributed by atoms with Crippen molar-refractivity contribution >= 4 is 57.5 Å². The quantitative estimate of drug-likeness (QED) is 0.414. The van der Waals surface area contributed by atoms with Crippen LogP contribution in [0.1, 0.15) is 28.7 Å². The number of aliphatic imine (C=N–C) groups is 1. The van der Waals surface area contributed by atoms with E-state index in [4.69, 9.17) is 28.8 Å².